The zero-order chi connectivity index (χ0) is 21.5. The summed E-state index contributed by atoms with van der Waals surface area (Å²) in [4.78, 5) is 36.7. The molecule has 0 radical (unpaired) electrons. The highest BCUT2D eigenvalue weighted by atomic mass is 16.5. The van der Waals surface area contributed by atoms with E-state index in [0.717, 1.165) is 22.3 Å². The van der Waals surface area contributed by atoms with Crippen LogP contribution in [0.3, 0.4) is 0 Å². The van der Waals surface area contributed by atoms with Gasteiger partial charge in [-0.05, 0) is 29.2 Å². The number of fused-ring (bicyclic) bond motifs is 3. The van der Waals surface area contributed by atoms with Gasteiger partial charge in [-0.1, -0.05) is 48.5 Å². The predicted molar refractivity (Wildman–Crippen MR) is 107 cm³/mol. The molecule has 1 aliphatic carbocycles. The van der Waals surface area contributed by atoms with E-state index in [1.54, 1.807) is 0 Å². The highest BCUT2D eigenvalue weighted by Crippen LogP contribution is 2.44. The summed E-state index contributed by atoms with van der Waals surface area (Å²) in [5.74, 6) is -1.94. The standard InChI is InChI=1S/C22H22N2O6/c1-13(19(25)24-11-22(29,12-24)20(26)27)23-21(28)30-10-18-16-8-4-2-6-14(16)15-7-3-5-9-17(15)18/h2-9,13,18,29H,10-12H2,1H3,(H,23,28)(H,26,27)/t13-/m1/s1. The molecule has 0 bridgehead atoms. The van der Waals surface area contributed by atoms with Crippen LogP contribution >= 0.6 is 0 Å². The summed E-state index contributed by atoms with van der Waals surface area (Å²) < 4.78 is 5.41. The molecule has 3 N–H and O–H groups in total. The number of carboxylic acid groups (broad SMARTS) is 1. The van der Waals surface area contributed by atoms with Crippen molar-refractivity contribution in [2.75, 3.05) is 19.7 Å². The molecule has 1 atom stereocenters. The number of aliphatic carboxylic acids is 1. The fraction of sp³-hybridized carbons (Fsp3) is 0.318. The van der Waals surface area contributed by atoms with Crippen LogP contribution in [-0.2, 0) is 14.3 Å². The van der Waals surface area contributed by atoms with E-state index in [2.05, 4.69) is 5.32 Å². The van der Waals surface area contributed by atoms with Crippen LogP contribution in [0, 0.1) is 0 Å². The third-order valence-electron chi connectivity index (χ3n) is 5.66. The average molecular weight is 410 g/mol. The first-order chi connectivity index (χ1) is 14.3. The molecule has 1 fully saturated rings. The number of aliphatic hydroxyl groups is 1. The first-order valence-electron chi connectivity index (χ1n) is 9.66. The van der Waals surface area contributed by atoms with Crippen molar-refractivity contribution < 1.29 is 29.3 Å². The molecule has 8 nitrogen and oxygen atoms in total. The number of benzene rings is 2. The number of carbonyl (C=O) groups is 3. The van der Waals surface area contributed by atoms with Crippen LogP contribution in [0.5, 0.6) is 0 Å². The number of nitrogens with one attached hydrogen (secondary N) is 1. The van der Waals surface area contributed by atoms with Crippen LogP contribution in [-0.4, -0.2) is 64.4 Å². The van der Waals surface area contributed by atoms with Crippen molar-refractivity contribution in [2.45, 2.75) is 24.5 Å². The molecule has 4 rings (SSSR count). The van der Waals surface area contributed by atoms with Crippen molar-refractivity contribution in [3.8, 4) is 11.1 Å². The Hall–Kier alpha value is -3.39. The lowest BCUT2D eigenvalue weighted by molar-refractivity contribution is -0.182. The second-order valence-electron chi connectivity index (χ2n) is 7.72. The molecule has 1 saturated heterocycles. The van der Waals surface area contributed by atoms with Crippen LogP contribution in [0.25, 0.3) is 11.1 Å². The van der Waals surface area contributed by atoms with E-state index >= 15 is 0 Å². The average Bonchev–Trinajstić information content (AvgIpc) is 3.03. The number of alkyl carbamates (subject to hydrolysis) is 1. The summed E-state index contributed by atoms with van der Waals surface area (Å²) in [5, 5.41) is 21.1. The number of carboxylic acids is 1. The van der Waals surface area contributed by atoms with Crippen molar-refractivity contribution in [2.24, 2.45) is 0 Å². The quantitative estimate of drug-likeness (QED) is 0.689. The Morgan fingerprint density at radius 1 is 1.10 bits per heavy atom. The molecule has 2 aromatic carbocycles. The minimum absolute atomic E-state index is 0.0879. The lowest BCUT2D eigenvalue weighted by Gasteiger charge is -2.44. The second-order valence-corrected chi connectivity index (χ2v) is 7.72. The SMILES string of the molecule is C[C@@H](NC(=O)OCC1c2ccccc2-c2ccccc21)C(=O)N1CC(O)(C(=O)O)C1. The van der Waals surface area contributed by atoms with Crippen molar-refractivity contribution in [3.63, 3.8) is 0 Å². The van der Waals surface area contributed by atoms with Gasteiger partial charge in [0.25, 0.3) is 0 Å². The molecule has 0 spiro atoms. The van der Waals surface area contributed by atoms with Gasteiger partial charge in [-0.2, -0.15) is 0 Å². The van der Waals surface area contributed by atoms with E-state index in [0.29, 0.717) is 0 Å². The molecule has 0 saturated carbocycles. The molecule has 1 aliphatic heterocycles. The van der Waals surface area contributed by atoms with Gasteiger partial charge < -0.3 is 25.2 Å². The largest absolute Gasteiger partial charge is 0.479 e. The summed E-state index contributed by atoms with van der Waals surface area (Å²) in [6, 6.07) is 15.1. The number of ether oxygens (including phenoxy) is 1. The molecule has 2 aliphatic rings. The fourth-order valence-corrected chi connectivity index (χ4v) is 4.03. The maximum atomic E-state index is 12.3. The van der Waals surface area contributed by atoms with Gasteiger partial charge in [-0.15, -0.1) is 0 Å². The van der Waals surface area contributed by atoms with Gasteiger partial charge in [-0.3, -0.25) is 4.79 Å². The summed E-state index contributed by atoms with van der Waals surface area (Å²) >= 11 is 0. The molecule has 30 heavy (non-hydrogen) atoms. The van der Waals surface area contributed by atoms with Gasteiger partial charge in [0.1, 0.15) is 12.6 Å². The maximum Gasteiger partial charge on any atom is 0.407 e. The van der Waals surface area contributed by atoms with Crippen molar-refractivity contribution in [3.05, 3.63) is 59.7 Å². The molecule has 156 valence electrons. The Kier molecular flexibility index (Phi) is 4.95. The van der Waals surface area contributed by atoms with Gasteiger partial charge in [0, 0.05) is 5.92 Å². The van der Waals surface area contributed by atoms with Crippen molar-refractivity contribution >= 4 is 18.0 Å². The van der Waals surface area contributed by atoms with E-state index < -0.39 is 29.6 Å². The minimum Gasteiger partial charge on any atom is -0.479 e. The van der Waals surface area contributed by atoms with Gasteiger partial charge in [0.15, 0.2) is 5.60 Å². The van der Waals surface area contributed by atoms with E-state index in [9.17, 15) is 19.5 Å². The second kappa shape index (κ2) is 7.46. The van der Waals surface area contributed by atoms with Crippen LogP contribution < -0.4 is 5.32 Å². The van der Waals surface area contributed by atoms with Crippen LogP contribution in [0.4, 0.5) is 4.79 Å². The number of hydrogen-bond donors (Lipinski definition) is 3. The normalized spacial score (nSPS) is 17.3. The van der Waals surface area contributed by atoms with E-state index in [-0.39, 0.29) is 25.6 Å². The number of rotatable bonds is 5. The molecule has 8 heteroatoms. The Morgan fingerprint density at radius 2 is 1.63 bits per heavy atom. The zero-order valence-electron chi connectivity index (χ0n) is 16.4. The highest BCUT2D eigenvalue weighted by Gasteiger charge is 2.50. The monoisotopic (exact) mass is 410 g/mol. The van der Waals surface area contributed by atoms with E-state index in [1.807, 2.05) is 48.5 Å². The van der Waals surface area contributed by atoms with Crippen LogP contribution in [0.15, 0.2) is 48.5 Å². The summed E-state index contributed by atoms with van der Waals surface area (Å²) in [6.45, 7) is 1.00. The number of amides is 2. The smallest absolute Gasteiger partial charge is 0.407 e. The van der Waals surface area contributed by atoms with Gasteiger partial charge in [0.05, 0.1) is 13.1 Å². The molecule has 1 heterocycles. The summed E-state index contributed by atoms with van der Waals surface area (Å²) in [6.07, 6.45) is -0.730. The molecular formula is C22H22N2O6. The third-order valence-corrected chi connectivity index (χ3v) is 5.66. The minimum atomic E-state index is -1.92. The number of β-amino-alcohol motifs (C(OH)–C–C–N with tert-alkyl or cyclic N) is 1. The van der Waals surface area contributed by atoms with Crippen LogP contribution in [0.1, 0.15) is 24.0 Å². The van der Waals surface area contributed by atoms with Gasteiger partial charge in [-0.25, -0.2) is 9.59 Å². The summed E-state index contributed by atoms with van der Waals surface area (Å²) in [7, 11) is 0. The molecule has 0 aromatic heterocycles. The Labute approximate surface area is 173 Å². The van der Waals surface area contributed by atoms with Gasteiger partial charge in [0.2, 0.25) is 5.91 Å². The summed E-state index contributed by atoms with van der Waals surface area (Å²) in [5.41, 5.74) is 2.50. The van der Waals surface area contributed by atoms with E-state index in [1.165, 1.54) is 11.8 Å². The first-order valence-corrected chi connectivity index (χ1v) is 9.66. The molecule has 2 aromatic rings. The third kappa shape index (κ3) is 3.39. The Bertz CT molecular complexity index is 969. The lowest BCUT2D eigenvalue weighted by Crippen LogP contribution is -2.69. The highest BCUT2D eigenvalue weighted by molar-refractivity contribution is 5.89. The molecule has 2 amide bonds. The fourth-order valence-electron chi connectivity index (χ4n) is 4.03. The number of likely N-dealkylation sites (tertiary alicyclic amines) is 1. The first kappa shape index (κ1) is 19.9. The molecular weight excluding hydrogens is 388 g/mol. The molecule has 0 unspecified atom stereocenters. The predicted octanol–water partition coefficient (Wildman–Crippen LogP) is 1.57. The number of hydrogen-bond acceptors (Lipinski definition) is 5. The Morgan fingerprint density at radius 3 is 2.17 bits per heavy atom. The van der Waals surface area contributed by atoms with Crippen molar-refractivity contribution in [1.29, 1.82) is 0 Å². The zero-order valence-corrected chi connectivity index (χ0v) is 16.4. The van der Waals surface area contributed by atoms with Gasteiger partial charge >= 0.3 is 12.1 Å². The number of carbonyl (C=O) groups excluding carboxylic acids is 2. The van der Waals surface area contributed by atoms with E-state index in [4.69, 9.17) is 9.84 Å². The lowest BCUT2D eigenvalue weighted by atomic mass is 9.94. The Balaban J connectivity index is 1.34. The maximum absolute atomic E-state index is 12.3. The number of nitrogens with zero attached hydrogens (tertiary/aromatic N) is 1. The topological polar surface area (TPSA) is 116 Å². The van der Waals surface area contributed by atoms with Crippen molar-refractivity contribution in [1.82, 2.24) is 10.2 Å². The van der Waals surface area contributed by atoms with Crippen LogP contribution in [0.2, 0.25) is 0 Å².